The molecule has 0 unspecified atom stereocenters. The van der Waals surface area contributed by atoms with Crippen molar-refractivity contribution >= 4 is 18.2 Å². The van der Waals surface area contributed by atoms with Crippen LogP contribution in [0, 0.1) is 17.0 Å². The summed E-state index contributed by atoms with van der Waals surface area (Å²) >= 11 is 0. The van der Waals surface area contributed by atoms with Crippen molar-refractivity contribution in [1.82, 2.24) is 0 Å². The molecule has 108 valence electrons. The van der Waals surface area contributed by atoms with E-state index in [0.717, 1.165) is 18.2 Å². The van der Waals surface area contributed by atoms with Crippen LogP contribution in [0.25, 0.3) is 6.08 Å². The van der Waals surface area contributed by atoms with Gasteiger partial charge in [-0.1, -0.05) is 20.8 Å². The van der Waals surface area contributed by atoms with Gasteiger partial charge in [0.15, 0.2) is 0 Å². The lowest BCUT2D eigenvalue weighted by Gasteiger charge is -2.20. The third kappa shape index (κ3) is 4.15. The molecule has 0 fully saturated rings. The maximum absolute atomic E-state index is 13.6. The van der Waals surface area contributed by atoms with Crippen LogP contribution in [0.1, 0.15) is 26.3 Å². The summed E-state index contributed by atoms with van der Waals surface area (Å²) in [6, 6.07) is 2.87. The zero-order valence-electron chi connectivity index (χ0n) is 11.2. The van der Waals surface area contributed by atoms with Crippen molar-refractivity contribution in [3.63, 3.8) is 0 Å². The molecule has 20 heavy (non-hydrogen) atoms. The molecule has 4 nitrogen and oxygen atoms in total. The Morgan fingerprint density at radius 2 is 1.85 bits per heavy atom. The monoisotopic (exact) mass is 284 g/mol. The van der Waals surface area contributed by atoms with Crippen LogP contribution in [-0.2, 0) is 9.53 Å². The zero-order valence-corrected chi connectivity index (χ0v) is 11.2. The second-order valence-corrected chi connectivity index (χ2v) is 5.13. The van der Waals surface area contributed by atoms with Crippen molar-refractivity contribution in [1.29, 1.82) is 0 Å². The molecular formula is C14H14F2O4. The van der Waals surface area contributed by atoms with Crippen LogP contribution in [0.4, 0.5) is 13.6 Å². The molecule has 1 N–H and O–H groups in total. The van der Waals surface area contributed by atoms with E-state index in [4.69, 9.17) is 5.11 Å². The van der Waals surface area contributed by atoms with E-state index in [0.29, 0.717) is 6.07 Å². The normalized spacial score (nSPS) is 12.2. The minimum Gasteiger partial charge on any atom is -0.449 e. The first-order valence-corrected chi connectivity index (χ1v) is 5.73. The molecular weight excluding hydrogens is 270 g/mol. The van der Waals surface area contributed by atoms with E-state index in [1.54, 1.807) is 20.8 Å². The lowest BCUT2D eigenvalue weighted by atomic mass is 9.85. The number of ether oxygens (including phenoxy) is 1. The van der Waals surface area contributed by atoms with Crippen molar-refractivity contribution in [2.75, 3.05) is 0 Å². The summed E-state index contributed by atoms with van der Waals surface area (Å²) in [5.41, 5.74) is -0.836. The van der Waals surface area contributed by atoms with Gasteiger partial charge in [0, 0.05) is 17.2 Å². The zero-order chi connectivity index (χ0) is 15.5. The first-order chi connectivity index (χ1) is 9.11. The maximum atomic E-state index is 13.6. The van der Waals surface area contributed by atoms with E-state index in [1.807, 2.05) is 0 Å². The van der Waals surface area contributed by atoms with Crippen molar-refractivity contribution in [2.24, 2.45) is 5.41 Å². The number of benzene rings is 1. The van der Waals surface area contributed by atoms with Gasteiger partial charge in [0.25, 0.3) is 0 Å². The predicted molar refractivity (Wildman–Crippen MR) is 67.9 cm³/mol. The molecule has 0 spiro atoms. The van der Waals surface area contributed by atoms with E-state index in [2.05, 4.69) is 4.74 Å². The molecule has 6 heteroatoms. The highest BCUT2D eigenvalue weighted by atomic mass is 19.1. The van der Waals surface area contributed by atoms with Gasteiger partial charge in [0.1, 0.15) is 11.6 Å². The molecule has 1 aromatic rings. The van der Waals surface area contributed by atoms with Gasteiger partial charge in [-0.25, -0.2) is 18.4 Å². The molecule has 1 rings (SSSR count). The van der Waals surface area contributed by atoms with Gasteiger partial charge in [-0.3, -0.25) is 0 Å². The fourth-order valence-corrected chi connectivity index (χ4v) is 1.49. The molecule has 0 aromatic heterocycles. The first-order valence-electron chi connectivity index (χ1n) is 5.73. The summed E-state index contributed by atoms with van der Waals surface area (Å²) in [4.78, 5) is 22.1. The Morgan fingerprint density at radius 3 is 2.30 bits per heavy atom. The van der Waals surface area contributed by atoms with Gasteiger partial charge in [-0.05, 0) is 23.6 Å². The van der Waals surface area contributed by atoms with Gasteiger partial charge in [-0.2, -0.15) is 0 Å². The van der Waals surface area contributed by atoms with Gasteiger partial charge in [0.2, 0.25) is 0 Å². The highest BCUT2D eigenvalue weighted by Gasteiger charge is 2.27. The summed E-state index contributed by atoms with van der Waals surface area (Å²) in [5, 5.41) is 8.46. The molecule has 0 atom stereocenters. The lowest BCUT2D eigenvalue weighted by Crippen LogP contribution is -2.22. The average molecular weight is 284 g/mol. The van der Waals surface area contributed by atoms with Gasteiger partial charge < -0.3 is 9.84 Å². The predicted octanol–water partition coefficient (Wildman–Crippen LogP) is 3.62. The number of esters is 1. The number of halogens is 2. The highest BCUT2D eigenvalue weighted by molar-refractivity contribution is 5.99. The summed E-state index contributed by atoms with van der Waals surface area (Å²) in [6.07, 6.45) is -0.593. The van der Waals surface area contributed by atoms with E-state index < -0.39 is 29.2 Å². The van der Waals surface area contributed by atoms with Crippen molar-refractivity contribution in [3.8, 4) is 0 Å². The third-order valence-corrected chi connectivity index (χ3v) is 2.47. The van der Waals surface area contributed by atoms with Crippen molar-refractivity contribution < 1.29 is 28.2 Å². The molecule has 0 bridgehead atoms. The van der Waals surface area contributed by atoms with Crippen LogP contribution < -0.4 is 0 Å². The van der Waals surface area contributed by atoms with Gasteiger partial charge in [0.05, 0.1) is 0 Å². The number of carboxylic acid groups (broad SMARTS) is 1. The molecule has 0 amide bonds. The van der Waals surface area contributed by atoms with Gasteiger partial charge >= 0.3 is 12.1 Å². The molecule has 0 aliphatic rings. The smallest absolute Gasteiger partial charge is 0.449 e. The lowest BCUT2D eigenvalue weighted by molar-refractivity contribution is -0.135. The Morgan fingerprint density at radius 1 is 1.25 bits per heavy atom. The van der Waals surface area contributed by atoms with Gasteiger partial charge in [-0.15, -0.1) is 0 Å². The first kappa shape index (κ1) is 15.8. The van der Waals surface area contributed by atoms with E-state index in [-0.39, 0.29) is 11.1 Å². The maximum Gasteiger partial charge on any atom is 0.513 e. The fourth-order valence-electron chi connectivity index (χ4n) is 1.49. The molecule has 0 saturated carbocycles. The van der Waals surface area contributed by atoms with Crippen molar-refractivity contribution in [3.05, 3.63) is 41.0 Å². The second-order valence-electron chi connectivity index (χ2n) is 5.13. The topological polar surface area (TPSA) is 63.6 Å². The summed E-state index contributed by atoms with van der Waals surface area (Å²) < 4.78 is 30.5. The largest absolute Gasteiger partial charge is 0.513 e. The molecule has 0 heterocycles. The van der Waals surface area contributed by atoms with Crippen LogP contribution in [-0.4, -0.2) is 17.2 Å². The number of hydrogen-bond acceptors (Lipinski definition) is 3. The number of rotatable bonds is 2. The van der Waals surface area contributed by atoms with Crippen LogP contribution in [0.5, 0.6) is 0 Å². The summed E-state index contributed by atoms with van der Waals surface area (Å²) in [7, 11) is 0. The molecule has 0 aliphatic carbocycles. The number of carbonyl (C=O) groups is 2. The summed E-state index contributed by atoms with van der Waals surface area (Å²) in [6.45, 7) is 4.93. The molecule has 0 saturated heterocycles. The second kappa shape index (κ2) is 5.81. The third-order valence-electron chi connectivity index (χ3n) is 2.47. The van der Waals surface area contributed by atoms with E-state index >= 15 is 0 Å². The Hall–Kier alpha value is -2.24. The minimum absolute atomic E-state index is 0.0290. The SMILES string of the molecule is CC(C)(C)/C(=C\c1ccc(F)cc1F)C(=O)OC(=O)O. The Bertz CT molecular complexity index is 571. The van der Waals surface area contributed by atoms with E-state index in [9.17, 15) is 18.4 Å². The Balaban J connectivity index is 3.27. The summed E-state index contributed by atoms with van der Waals surface area (Å²) in [5.74, 6) is -2.69. The quantitative estimate of drug-likeness (QED) is 0.512. The van der Waals surface area contributed by atoms with Crippen LogP contribution >= 0.6 is 0 Å². The van der Waals surface area contributed by atoms with Crippen LogP contribution in [0.15, 0.2) is 23.8 Å². The molecule has 0 aliphatic heterocycles. The number of hydrogen-bond donors (Lipinski definition) is 1. The highest BCUT2D eigenvalue weighted by Crippen LogP contribution is 2.29. The average Bonchev–Trinajstić information content (AvgIpc) is 2.24. The Kier molecular flexibility index (Phi) is 4.60. The fraction of sp³-hybridized carbons (Fsp3) is 0.286. The Labute approximate surface area is 114 Å². The standard InChI is InChI=1S/C14H14F2O4/c1-14(2,3)10(12(17)20-13(18)19)6-8-4-5-9(15)7-11(8)16/h4-7H,1-3H3,(H,18,19)/b10-6-. The van der Waals surface area contributed by atoms with Crippen molar-refractivity contribution in [2.45, 2.75) is 20.8 Å². The van der Waals surface area contributed by atoms with E-state index in [1.165, 1.54) is 0 Å². The molecule has 0 radical (unpaired) electrons. The minimum atomic E-state index is -1.75. The van der Waals surface area contributed by atoms with Crippen LogP contribution in [0.3, 0.4) is 0 Å². The van der Waals surface area contributed by atoms with Crippen LogP contribution in [0.2, 0.25) is 0 Å². The molecule has 1 aromatic carbocycles. The number of carbonyl (C=O) groups excluding carboxylic acids is 1.